The molecule has 1 heterocycles. The first kappa shape index (κ1) is 19.3. The summed E-state index contributed by atoms with van der Waals surface area (Å²) in [7, 11) is 0. The van der Waals surface area contributed by atoms with E-state index in [1.807, 2.05) is 38.1 Å². The van der Waals surface area contributed by atoms with Gasteiger partial charge in [0.1, 0.15) is 24.2 Å². The fourth-order valence-electron chi connectivity index (χ4n) is 3.01. The van der Waals surface area contributed by atoms with Crippen LogP contribution in [0.2, 0.25) is 0 Å². The molecule has 1 unspecified atom stereocenters. The first-order valence-electron chi connectivity index (χ1n) is 9.15. The number of hydrogen-bond donors (Lipinski definition) is 2. The van der Waals surface area contributed by atoms with Gasteiger partial charge in [0.2, 0.25) is 5.91 Å². The van der Waals surface area contributed by atoms with Crippen molar-refractivity contribution < 1.29 is 18.7 Å². The highest BCUT2D eigenvalue weighted by Gasteiger charge is 2.29. The van der Waals surface area contributed by atoms with Crippen LogP contribution in [0.15, 0.2) is 48.5 Å². The highest BCUT2D eigenvalue weighted by molar-refractivity contribution is 5.82. The van der Waals surface area contributed by atoms with E-state index in [-0.39, 0.29) is 29.9 Å². The molecule has 3 atom stereocenters. The third-order valence-corrected chi connectivity index (χ3v) is 4.66. The minimum Gasteiger partial charge on any atom is -0.489 e. The maximum absolute atomic E-state index is 12.9. The quantitative estimate of drug-likeness (QED) is 0.819. The van der Waals surface area contributed by atoms with Crippen LogP contribution >= 0.6 is 0 Å². The van der Waals surface area contributed by atoms with Gasteiger partial charge >= 0.3 is 0 Å². The first-order valence-corrected chi connectivity index (χ1v) is 9.15. The summed E-state index contributed by atoms with van der Waals surface area (Å²) in [5.41, 5.74) is 1.89. The largest absolute Gasteiger partial charge is 0.489 e. The van der Waals surface area contributed by atoms with Crippen LogP contribution in [0.5, 0.6) is 5.75 Å². The van der Waals surface area contributed by atoms with Crippen molar-refractivity contribution in [1.29, 1.82) is 0 Å². The maximum atomic E-state index is 12.9. The average Bonchev–Trinajstić information content (AvgIpc) is 2.68. The van der Waals surface area contributed by atoms with Crippen LogP contribution in [0.25, 0.3) is 0 Å². The van der Waals surface area contributed by atoms with Crippen LogP contribution in [0, 0.1) is 5.82 Å². The molecule has 144 valence electrons. The van der Waals surface area contributed by atoms with E-state index in [9.17, 15) is 9.18 Å². The van der Waals surface area contributed by atoms with Gasteiger partial charge in [-0.1, -0.05) is 24.3 Å². The number of nitrogens with one attached hydrogen (secondary N) is 2. The zero-order chi connectivity index (χ0) is 19.2. The third kappa shape index (κ3) is 5.28. The zero-order valence-corrected chi connectivity index (χ0v) is 15.6. The lowest BCUT2D eigenvalue weighted by Crippen LogP contribution is -2.55. The highest BCUT2D eigenvalue weighted by atomic mass is 19.1. The average molecular weight is 372 g/mol. The Labute approximate surface area is 158 Å². The van der Waals surface area contributed by atoms with Gasteiger partial charge in [-0.3, -0.25) is 4.79 Å². The van der Waals surface area contributed by atoms with Crippen molar-refractivity contribution in [3.05, 3.63) is 65.5 Å². The van der Waals surface area contributed by atoms with Gasteiger partial charge in [0.15, 0.2) is 0 Å². The smallest absolute Gasteiger partial charge is 0.240 e. The molecule has 0 spiro atoms. The third-order valence-electron chi connectivity index (χ3n) is 4.66. The first-order chi connectivity index (χ1) is 13.0. The van der Waals surface area contributed by atoms with Crippen molar-refractivity contribution >= 4 is 5.91 Å². The van der Waals surface area contributed by atoms with Gasteiger partial charge in [-0.15, -0.1) is 0 Å². The minimum absolute atomic E-state index is 0.0636. The second-order valence-electron chi connectivity index (χ2n) is 6.72. The Bertz CT molecular complexity index is 749. The molecule has 0 aliphatic carbocycles. The normalized spacial score (nSPS) is 20.7. The van der Waals surface area contributed by atoms with Crippen LogP contribution in [0.1, 0.15) is 31.0 Å². The number of ether oxygens (including phenoxy) is 2. The zero-order valence-electron chi connectivity index (χ0n) is 15.6. The number of morpholine rings is 1. The van der Waals surface area contributed by atoms with Crippen molar-refractivity contribution in [2.45, 2.75) is 38.6 Å². The summed E-state index contributed by atoms with van der Waals surface area (Å²) >= 11 is 0. The fraction of sp³-hybridized carbons (Fsp3) is 0.381. The van der Waals surface area contributed by atoms with Crippen molar-refractivity contribution in [2.24, 2.45) is 0 Å². The molecule has 1 saturated heterocycles. The summed E-state index contributed by atoms with van der Waals surface area (Å²) in [6.07, 6.45) is -0.145. The topological polar surface area (TPSA) is 59.6 Å². The predicted molar refractivity (Wildman–Crippen MR) is 101 cm³/mol. The van der Waals surface area contributed by atoms with E-state index >= 15 is 0 Å². The fourth-order valence-corrected chi connectivity index (χ4v) is 3.01. The molecule has 2 aromatic carbocycles. The summed E-state index contributed by atoms with van der Waals surface area (Å²) < 4.78 is 24.2. The van der Waals surface area contributed by atoms with Crippen molar-refractivity contribution in [2.75, 3.05) is 13.2 Å². The van der Waals surface area contributed by atoms with Gasteiger partial charge in [-0.25, -0.2) is 4.39 Å². The van der Waals surface area contributed by atoms with E-state index in [0.29, 0.717) is 19.8 Å². The van der Waals surface area contributed by atoms with Crippen LogP contribution in [-0.4, -0.2) is 31.2 Å². The number of carbonyl (C=O) groups is 1. The lowest BCUT2D eigenvalue weighted by Gasteiger charge is -2.30. The molecule has 1 amide bonds. The number of halogens is 1. The Morgan fingerprint density at radius 3 is 2.63 bits per heavy atom. The SMILES string of the molecule is CC(NC(=O)[C@H]1NCCO[C@@H]1C)c1ccc(OCc2ccc(F)cc2)cc1. The molecule has 1 aliphatic rings. The van der Waals surface area contributed by atoms with E-state index in [1.54, 1.807) is 12.1 Å². The van der Waals surface area contributed by atoms with E-state index in [2.05, 4.69) is 10.6 Å². The summed E-state index contributed by atoms with van der Waals surface area (Å²) in [5.74, 6) is 0.396. The molecular weight excluding hydrogens is 347 g/mol. The van der Waals surface area contributed by atoms with Gasteiger partial charge in [-0.05, 0) is 49.2 Å². The molecule has 1 aliphatic heterocycles. The number of hydrogen-bond acceptors (Lipinski definition) is 4. The van der Waals surface area contributed by atoms with E-state index in [0.717, 1.165) is 16.9 Å². The Hall–Kier alpha value is -2.44. The number of benzene rings is 2. The van der Waals surface area contributed by atoms with Crippen LogP contribution in [-0.2, 0) is 16.1 Å². The molecule has 5 nitrogen and oxygen atoms in total. The Morgan fingerprint density at radius 1 is 1.26 bits per heavy atom. The summed E-state index contributed by atoms with van der Waals surface area (Å²) in [6, 6.07) is 13.4. The summed E-state index contributed by atoms with van der Waals surface area (Å²) in [5, 5.41) is 6.21. The Morgan fingerprint density at radius 2 is 1.96 bits per heavy atom. The van der Waals surface area contributed by atoms with Crippen molar-refractivity contribution in [3.8, 4) is 5.75 Å². The predicted octanol–water partition coefficient (Wildman–Crippen LogP) is 2.96. The Balaban J connectivity index is 1.52. The molecule has 27 heavy (non-hydrogen) atoms. The molecule has 0 aromatic heterocycles. The van der Waals surface area contributed by atoms with Gasteiger partial charge in [0, 0.05) is 6.54 Å². The Kier molecular flexibility index (Phi) is 6.42. The number of rotatable bonds is 6. The monoisotopic (exact) mass is 372 g/mol. The molecule has 0 radical (unpaired) electrons. The highest BCUT2D eigenvalue weighted by Crippen LogP contribution is 2.19. The molecule has 6 heteroatoms. The number of amides is 1. The molecule has 0 saturated carbocycles. The number of carbonyl (C=O) groups excluding carboxylic acids is 1. The molecule has 1 fully saturated rings. The van der Waals surface area contributed by atoms with Crippen molar-refractivity contribution in [3.63, 3.8) is 0 Å². The lowest BCUT2D eigenvalue weighted by molar-refractivity contribution is -0.129. The minimum atomic E-state index is -0.334. The summed E-state index contributed by atoms with van der Waals surface area (Å²) in [4.78, 5) is 12.4. The molecule has 0 bridgehead atoms. The van der Waals surface area contributed by atoms with Gasteiger partial charge < -0.3 is 20.1 Å². The summed E-state index contributed by atoms with van der Waals surface area (Å²) in [6.45, 7) is 5.52. The lowest BCUT2D eigenvalue weighted by atomic mass is 10.1. The second kappa shape index (κ2) is 8.97. The van der Waals surface area contributed by atoms with Crippen LogP contribution in [0.3, 0.4) is 0 Å². The second-order valence-corrected chi connectivity index (χ2v) is 6.72. The van der Waals surface area contributed by atoms with Gasteiger partial charge in [-0.2, -0.15) is 0 Å². The standard InChI is InChI=1S/C21H25FN2O3/c1-14(24-21(25)20-15(2)26-12-11-23-20)17-5-9-19(10-6-17)27-13-16-3-7-18(22)8-4-16/h3-10,14-15,20,23H,11-13H2,1-2H3,(H,24,25)/t14?,15-,20+/m1/s1. The van der Waals surface area contributed by atoms with Gasteiger partial charge in [0.05, 0.1) is 18.8 Å². The molecular formula is C21H25FN2O3. The molecule has 3 rings (SSSR count). The van der Waals surface area contributed by atoms with E-state index in [1.165, 1.54) is 12.1 Å². The van der Waals surface area contributed by atoms with E-state index < -0.39 is 0 Å². The molecule has 2 aromatic rings. The van der Waals surface area contributed by atoms with Crippen LogP contribution in [0.4, 0.5) is 4.39 Å². The molecule has 2 N–H and O–H groups in total. The van der Waals surface area contributed by atoms with E-state index in [4.69, 9.17) is 9.47 Å². The van der Waals surface area contributed by atoms with Gasteiger partial charge in [0.25, 0.3) is 0 Å². The maximum Gasteiger partial charge on any atom is 0.240 e. The van der Waals surface area contributed by atoms with Crippen molar-refractivity contribution in [1.82, 2.24) is 10.6 Å². The van der Waals surface area contributed by atoms with Crippen LogP contribution < -0.4 is 15.4 Å².